The van der Waals surface area contributed by atoms with Crippen LogP contribution in [0.3, 0.4) is 0 Å². The lowest BCUT2D eigenvalue weighted by Crippen LogP contribution is -2.53. The van der Waals surface area contributed by atoms with Crippen LogP contribution in [0.25, 0.3) is 0 Å². The Labute approximate surface area is 136 Å². The van der Waals surface area contributed by atoms with Gasteiger partial charge < -0.3 is 20.2 Å². The van der Waals surface area contributed by atoms with Gasteiger partial charge in [0.05, 0.1) is 11.5 Å². The number of rotatable bonds is 2. The van der Waals surface area contributed by atoms with E-state index < -0.39 is 0 Å². The maximum atomic E-state index is 12.5. The summed E-state index contributed by atoms with van der Waals surface area (Å²) in [5.74, 6) is 0.106. The summed E-state index contributed by atoms with van der Waals surface area (Å²) >= 11 is 0. The van der Waals surface area contributed by atoms with Crippen molar-refractivity contribution in [2.75, 3.05) is 39.3 Å². The van der Waals surface area contributed by atoms with Gasteiger partial charge in [0.1, 0.15) is 5.75 Å². The van der Waals surface area contributed by atoms with Crippen LogP contribution < -0.4 is 5.32 Å². The van der Waals surface area contributed by atoms with Crippen LogP contribution >= 0.6 is 0 Å². The molecule has 0 radical (unpaired) electrons. The third kappa shape index (κ3) is 3.47. The first-order valence-corrected chi connectivity index (χ1v) is 8.23. The van der Waals surface area contributed by atoms with E-state index in [0.717, 1.165) is 25.9 Å². The van der Waals surface area contributed by atoms with Crippen molar-refractivity contribution < 1.29 is 14.7 Å². The second-order valence-corrected chi connectivity index (χ2v) is 6.18. The van der Waals surface area contributed by atoms with Gasteiger partial charge in [0, 0.05) is 32.7 Å². The standard InChI is InChI=1S/C17H23N3O3/c21-15-6-2-1-5-14(15)17(23)20-10-8-19(9-11-20)16(22)13-4-3-7-18-12-13/h1-2,5-6,13,18,21H,3-4,7-12H2. The Kier molecular flexibility index (Phi) is 4.81. The molecule has 1 atom stereocenters. The molecule has 3 rings (SSSR count). The van der Waals surface area contributed by atoms with Gasteiger partial charge in [0.15, 0.2) is 0 Å². The largest absolute Gasteiger partial charge is 0.507 e. The summed E-state index contributed by atoms with van der Waals surface area (Å²) in [4.78, 5) is 28.5. The van der Waals surface area contributed by atoms with Gasteiger partial charge in [-0.05, 0) is 31.5 Å². The first-order chi connectivity index (χ1) is 11.2. The topological polar surface area (TPSA) is 72.9 Å². The molecule has 0 saturated carbocycles. The summed E-state index contributed by atoms with van der Waals surface area (Å²) < 4.78 is 0. The zero-order valence-electron chi connectivity index (χ0n) is 13.2. The SMILES string of the molecule is O=C(c1ccccc1O)N1CCN(C(=O)C2CCCNC2)CC1. The van der Waals surface area contributed by atoms with Crippen molar-refractivity contribution in [1.82, 2.24) is 15.1 Å². The number of carbonyl (C=O) groups is 2. The summed E-state index contributed by atoms with van der Waals surface area (Å²) in [6, 6.07) is 6.58. The Balaban J connectivity index is 1.57. The van der Waals surface area contributed by atoms with Crippen molar-refractivity contribution >= 4 is 11.8 Å². The smallest absolute Gasteiger partial charge is 0.257 e. The molecule has 2 fully saturated rings. The number of amides is 2. The van der Waals surface area contributed by atoms with Crippen LogP contribution in [0.4, 0.5) is 0 Å². The third-order valence-electron chi connectivity index (χ3n) is 4.66. The minimum atomic E-state index is -0.172. The van der Waals surface area contributed by atoms with E-state index in [-0.39, 0.29) is 23.5 Å². The number of benzene rings is 1. The number of phenolic OH excluding ortho intramolecular Hbond substituents is 1. The highest BCUT2D eigenvalue weighted by Gasteiger charge is 2.30. The number of carbonyl (C=O) groups excluding carboxylic acids is 2. The molecule has 1 aromatic rings. The quantitative estimate of drug-likeness (QED) is 0.841. The van der Waals surface area contributed by atoms with E-state index in [9.17, 15) is 14.7 Å². The summed E-state index contributed by atoms with van der Waals surface area (Å²) in [5.41, 5.74) is 0.323. The molecule has 2 heterocycles. The average molecular weight is 317 g/mol. The zero-order valence-corrected chi connectivity index (χ0v) is 13.2. The molecule has 0 bridgehead atoms. The predicted octanol–water partition coefficient (Wildman–Crippen LogP) is 0.676. The third-order valence-corrected chi connectivity index (χ3v) is 4.66. The fourth-order valence-electron chi connectivity index (χ4n) is 3.28. The summed E-state index contributed by atoms with van der Waals surface area (Å²) in [7, 11) is 0. The Hall–Kier alpha value is -2.08. The van der Waals surface area contributed by atoms with Gasteiger partial charge in [-0.15, -0.1) is 0 Å². The van der Waals surface area contributed by atoms with Crippen molar-refractivity contribution in [1.29, 1.82) is 0 Å². The molecular weight excluding hydrogens is 294 g/mol. The molecule has 2 aliphatic rings. The lowest BCUT2D eigenvalue weighted by Gasteiger charge is -2.37. The second-order valence-electron chi connectivity index (χ2n) is 6.18. The molecule has 0 aliphatic carbocycles. The molecule has 6 heteroatoms. The maximum Gasteiger partial charge on any atom is 0.257 e. The number of hydrogen-bond donors (Lipinski definition) is 2. The van der Waals surface area contributed by atoms with E-state index in [1.165, 1.54) is 6.07 Å². The molecule has 1 unspecified atom stereocenters. The Morgan fingerprint density at radius 2 is 1.78 bits per heavy atom. The fraction of sp³-hybridized carbons (Fsp3) is 0.529. The van der Waals surface area contributed by atoms with Crippen molar-refractivity contribution in [3.05, 3.63) is 29.8 Å². The van der Waals surface area contributed by atoms with Gasteiger partial charge >= 0.3 is 0 Å². The number of aromatic hydroxyl groups is 1. The zero-order chi connectivity index (χ0) is 16.2. The molecule has 2 saturated heterocycles. The Morgan fingerprint density at radius 1 is 1.09 bits per heavy atom. The highest BCUT2D eigenvalue weighted by atomic mass is 16.3. The van der Waals surface area contributed by atoms with Gasteiger partial charge in [-0.2, -0.15) is 0 Å². The van der Waals surface area contributed by atoms with Crippen molar-refractivity contribution in [3.63, 3.8) is 0 Å². The van der Waals surface area contributed by atoms with Crippen molar-refractivity contribution in [3.8, 4) is 5.75 Å². The van der Waals surface area contributed by atoms with Crippen LogP contribution in [-0.2, 0) is 4.79 Å². The number of phenols is 1. The first-order valence-electron chi connectivity index (χ1n) is 8.23. The predicted molar refractivity (Wildman–Crippen MR) is 86.2 cm³/mol. The fourth-order valence-corrected chi connectivity index (χ4v) is 3.28. The molecule has 2 N–H and O–H groups in total. The summed E-state index contributed by atoms with van der Waals surface area (Å²) in [6.07, 6.45) is 1.99. The van der Waals surface area contributed by atoms with Crippen molar-refractivity contribution in [2.45, 2.75) is 12.8 Å². The van der Waals surface area contributed by atoms with Crippen LogP contribution in [-0.4, -0.2) is 66.0 Å². The van der Waals surface area contributed by atoms with Gasteiger partial charge in [-0.1, -0.05) is 12.1 Å². The van der Waals surface area contributed by atoms with E-state index in [0.29, 0.717) is 31.7 Å². The average Bonchev–Trinajstić information content (AvgIpc) is 2.62. The Morgan fingerprint density at radius 3 is 2.43 bits per heavy atom. The number of piperazine rings is 1. The van der Waals surface area contributed by atoms with E-state index in [2.05, 4.69) is 5.32 Å². The maximum absolute atomic E-state index is 12.5. The highest BCUT2D eigenvalue weighted by molar-refractivity contribution is 5.97. The molecule has 6 nitrogen and oxygen atoms in total. The van der Waals surface area contributed by atoms with Crippen LogP contribution in [0.15, 0.2) is 24.3 Å². The lowest BCUT2D eigenvalue weighted by atomic mass is 9.98. The van der Waals surface area contributed by atoms with Crippen LogP contribution in [0.5, 0.6) is 5.75 Å². The van der Waals surface area contributed by atoms with Gasteiger partial charge in [-0.25, -0.2) is 0 Å². The van der Waals surface area contributed by atoms with Gasteiger partial charge in [0.25, 0.3) is 5.91 Å². The number of nitrogens with one attached hydrogen (secondary N) is 1. The van der Waals surface area contributed by atoms with Crippen LogP contribution in [0.2, 0.25) is 0 Å². The molecule has 0 spiro atoms. The number of nitrogens with zero attached hydrogens (tertiary/aromatic N) is 2. The van der Waals surface area contributed by atoms with Gasteiger partial charge in [0.2, 0.25) is 5.91 Å². The lowest BCUT2D eigenvalue weighted by molar-refractivity contribution is -0.137. The van der Waals surface area contributed by atoms with Crippen LogP contribution in [0.1, 0.15) is 23.2 Å². The molecule has 23 heavy (non-hydrogen) atoms. The van der Waals surface area contributed by atoms with Crippen LogP contribution in [0, 0.1) is 5.92 Å². The van der Waals surface area contributed by atoms with E-state index in [1.807, 2.05) is 4.90 Å². The molecular formula is C17H23N3O3. The molecule has 0 aromatic heterocycles. The normalized spacial score (nSPS) is 22.0. The van der Waals surface area contributed by atoms with Crippen molar-refractivity contribution in [2.24, 2.45) is 5.92 Å². The van der Waals surface area contributed by atoms with E-state index in [1.54, 1.807) is 23.1 Å². The monoisotopic (exact) mass is 317 g/mol. The molecule has 124 valence electrons. The number of piperidine rings is 1. The minimum absolute atomic E-state index is 0.00397. The first kappa shape index (κ1) is 15.8. The number of para-hydroxylation sites is 1. The molecule has 2 amide bonds. The molecule has 2 aliphatic heterocycles. The second kappa shape index (κ2) is 7.00. The summed E-state index contributed by atoms with van der Waals surface area (Å²) in [5, 5.41) is 13.1. The number of hydrogen-bond acceptors (Lipinski definition) is 4. The van der Waals surface area contributed by atoms with Gasteiger partial charge in [-0.3, -0.25) is 9.59 Å². The highest BCUT2D eigenvalue weighted by Crippen LogP contribution is 2.20. The van der Waals surface area contributed by atoms with E-state index in [4.69, 9.17) is 0 Å². The summed E-state index contributed by atoms with van der Waals surface area (Å²) in [6.45, 7) is 3.91. The minimum Gasteiger partial charge on any atom is -0.507 e. The van der Waals surface area contributed by atoms with E-state index >= 15 is 0 Å². The Bertz CT molecular complexity index is 576. The molecule has 1 aromatic carbocycles.